The van der Waals surface area contributed by atoms with E-state index in [1.54, 1.807) is 12.1 Å². The van der Waals surface area contributed by atoms with Gasteiger partial charge in [-0.3, -0.25) is 14.5 Å². The molecular weight excluding hydrogens is 275 g/mol. The first-order valence-electron chi connectivity index (χ1n) is 6.66. The predicted octanol–water partition coefficient (Wildman–Crippen LogP) is -0.123. The van der Waals surface area contributed by atoms with Crippen molar-refractivity contribution in [1.29, 1.82) is 0 Å². The molecule has 2 atom stereocenters. The monoisotopic (exact) mass is 296 g/mol. The molecule has 6 N–H and O–H groups in total. The van der Waals surface area contributed by atoms with Gasteiger partial charge in [0.15, 0.2) is 0 Å². The van der Waals surface area contributed by atoms with Crippen molar-refractivity contribution < 1.29 is 14.0 Å². The van der Waals surface area contributed by atoms with Crippen LogP contribution in [0.4, 0.5) is 4.39 Å². The number of carbonyl (C=O) groups is 2. The summed E-state index contributed by atoms with van der Waals surface area (Å²) in [4.78, 5) is 23.9. The van der Waals surface area contributed by atoms with Crippen LogP contribution in [0.1, 0.15) is 24.9 Å². The highest BCUT2D eigenvalue weighted by atomic mass is 19.1. The third-order valence-corrected chi connectivity index (χ3v) is 3.18. The fraction of sp³-hybridized carbons (Fsp3) is 0.429. The van der Waals surface area contributed by atoms with Gasteiger partial charge in [0.25, 0.3) is 0 Å². The molecule has 21 heavy (non-hydrogen) atoms. The van der Waals surface area contributed by atoms with Crippen LogP contribution in [-0.2, 0) is 9.59 Å². The number of amides is 2. The molecule has 0 bridgehead atoms. The van der Waals surface area contributed by atoms with Crippen LogP contribution in [-0.4, -0.2) is 35.8 Å². The van der Waals surface area contributed by atoms with Crippen molar-refractivity contribution in [2.24, 2.45) is 17.2 Å². The van der Waals surface area contributed by atoms with E-state index >= 15 is 0 Å². The molecule has 0 spiro atoms. The van der Waals surface area contributed by atoms with Crippen molar-refractivity contribution in [1.82, 2.24) is 4.90 Å². The summed E-state index contributed by atoms with van der Waals surface area (Å²) in [7, 11) is 0. The van der Waals surface area contributed by atoms with Crippen molar-refractivity contribution >= 4 is 11.8 Å². The number of hydrogen-bond acceptors (Lipinski definition) is 4. The molecule has 2 amide bonds. The minimum absolute atomic E-state index is 0.183. The largest absolute Gasteiger partial charge is 0.369 e. The Labute approximate surface area is 123 Å². The molecule has 0 radical (unpaired) electrons. The van der Waals surface area contributed by atoms with Crippen LogP contribution < -0.4 is 17.2 Å². The zero-order chi connectivity index (χ0) is 16.0. The second-order valence-corrected chi connectivity index (χ2v) is 4.91. The molecular formula is C14H21FN4O2. The number of hydrogen-bond donors (Lipinski definition) is 3. The van der Waals surface area contributed by atoms with Crippen molar-refractivity contribution in [3.05, 3.63) is 35.6 Å². The zero-order valence-electron chi connectivity index (χ0n) is 12.0. The first-order valence-corrected chi connectivity index (χ1v) is 6.66. The number of primary amides is 2. The lowest BCUT2D eigenvalue weighted by Gasteiger charge is -2.34. The zero-order valence-corrected chi connectivity index (χ0v) is 12.0. The Morgan fingerprint density at radius 1 is 1.24 bits per heavy atom. The normalized spacial score (nSPS) is 13.9. The molecule has 0 aliphatic rings. The van der Waals surface area contributed by atoms with E-state index < -0.39 is 29.7 Å². The van der Waals surface area contributed by atoms with Gasteiger partial charge in [0, 0.05) is 6.04 Å². The fourth-order valence-corrected chi connectivity index (χ4v) is 2.30. The molecule has 0 saturated carbocycles. The predicted molar refractivity (Wildman–Crippen MR) is 77.4 cm³/mol. The quantitative estimate of drug-likeness (QED) is 0.620. The Kier molecular flexibility index (Phi) is 6.26. The summed E-state index contributed by atoms with van der Waals surface area (Å²) in [6.07, 6.45) is 0.579. The van der Waals surface area contributed by atoms with E-state index in [9.17, 15) is 14.0 Å². The Hall–Kier alpha value is -1.99. The van der Waals surface area contributed by atoms with Gasteiger partial charge in [-0.25, -0.2) is 4.39 Å². The molecule has 116 valence electrons. The molecule has 0 aromatic heterocycles. The van der Waals surface area contributed by atoms with Crippen LogP contribution in [0, 0.1) is 5.82 Å². The maximum atomic E-state index is 13.4. The number of rotatable bonds is 8. The lowest BCUT2D eigenvalue weighted by atomic mass is 9.96. The van der Waals surface area contributed by atoms with Crippen LogP contribution in [0.2, 0.25) is 0 Å². The maximum absolute atomic E-state index is 13.4. The minimum atomic E-state index is -0.610. The highest BCUT2D eigenvalue weighted by molar-refractivity contribution is 5.79. The van der Waals surface area contributed by atoms with E-state index in [1.807, 2.05) is 6.92 Å². The summed E-state index contributed by atoms with van der Waals surface area (Å²) in [5, 5.41) is 0. The first-order chi connectivity index (χ1) is 9.85. The van der Waals surface area contributed by atoms with Crippen LogP contribution in [0.3, 0.4) is 0 Å². The standard InChI is InChI=1S/C14H21FN4O2/c1-2-11(16)14(9-4-3-5-10(15)6-9)19(7-12(17)20)8-13(18)21/h3-6,11,14H,2,7-8,16H2,1H3,(H2,17,20)(H2,18,21). The minimum Gasteiger partial charge on any atom is -0.369 e. The summed E-state index contributed by atoms with van der Waals surface area (Å²) in [5.74, 6) is -1.64. The number of nitrogens with two attached hydrogens (primary N) is 3. The van der Waals surface area contributed by atoms with E-state index in [4.69, 9.17) is 17.2 Å². The van der Waals surface area contributed by atoms with Gasteiger partial charge in [0.2, 0.25) is 11.8 Å². The van der Waals surface area contributed by atoms with E-state index in [-0.39, 0.29) is 13.1 Å². The van der Waals surface area contributed by atoms with E-state index in [0.29, 0.717) is 12.0 Å². The van der Waals surface area contributed by atoms with Crippen LogP contribution in [0.15, 0.2) is 24.3 Å². The Balaban J connectivity index is 3.18. The van der Waals surface area contributed by atoms with Gasteiger partial charge in [-0.2, -0.15) is 0 Å². The molecule has 1 rings (SSSR count). The van der Waals surface area contributed by atoms with Gasteiger partial charge in [-0.15, -0.1) is 0 Å². The second-order valence-electron chi connectivity index (χ2n) is 4.91. The van der Waals surface area contributed by atoms with Crippen molar-refractivity contribution in [3.63, 3.8) is 0 Å². The topological polar surface area (TPSA) is 115 Å². The second kappa shape index (κ2) is 7.70. The Morgan fingerprint density at radius 2 is 1.81 bits per heavy atom. The molecule has 7 heteroatoms. The highest BCUT2D eigenvalue weighted by Crippen LogP contribution is 2.25. The number of benzene rings is 1. The average molecular weight is 296 g/mol. The third-order valence-electron chi connectivity index (χ3n) is 3.18. The summed E-state index contributed by atoms with van der Waals surface area (Å²) >= 11 is 0. The van der Waals surface area contributed by atoms with Crippen LogP contribution in [0.5, 0.6) is 0 Å². The molecule has 1 aromatic carbocycles. The number of halogens is 1. The van der Waals surface area contributed by atoms with Gasteiger partial charge < -0.3 is 17.2 Å². The van der Waals surface area contributed by atoms with Gasteiger partial charge in [0.1, 0.15) is 5.82 Å². The third kappa shape index (κ3) is 5.13. The number of carbonyl (C=O) groups excluding carboxylic acids is 2. The molecule has 2 unspecified atom stereocenters. The summed E-state index contributed by atoms with van der Waals surface area (Å²) in [5.41, 5.74) is 17.1. The molecule has 0 aliphatic heterocycles. The molecule has 0 aliphatic carbocycles. The maximum Gasteiger partial charge on any atom is 0.231 e. The van der Waals surface area contributed by atoms with E-state index in [1.165, 1.54) is 17.0 Å². The number of nitrogens with zero attached hydrogens (tertiary/aromatic N) is 1. The van der Waals surface area contributed by atoms with Crippen LogP contribution in [0.25, 0.3) is 0 Å². The molecule has 6 nitrogen and oxygen atoms in total. The smallest absolute Gasteiger partial charge is 0.231 e. The summed E-state index contributed by atoms with van der Waals surface area (Å²) < 4.78 is 13.4. The van der Waals surface area contributed by atoms with Gasteiger partial charge in [-0.1, -0.05) is 19.1 Å². The summed E-state index contributed by atoms with van der Waals surface area (Å²) in [6, 6.07) is 4.96. The average Bonchev–Trinajstić information content (AvgIpc) is 2.37. The molecule has 0 fully saturated rings. The van der Waals surface area contributed by atoms with E-state index in [2.05, 4.69) is 0 Å². The Bertz CT molecular complexity index is 494. The Morgan fingerprint density at radius 3 is 2.24 bits per heavy atom. The summed E-state index contributed by atoms with van der Waals surface area (Å²) in [6.45, 7) is 1.50. The first kappa shape index (κ1) is 17.1. The molecule has 0 heterocycles. The SMILES string of the molecule is CCC(N)C(c1cccc(F)c1)N(CC(N)=O)CC(N)=O. The fourth-order valence-electron chi connectivity index (χ4n) is 2.30. The molecule has 0 saturated heterocycles. The van der Waals surface area contributed by atoms with Crippen LogP contribution >= 0.6 is 0 Å². The molecule has 1 aromatic rings. The lowest BCUT2D eigenvalue weighted by Crippen LogP contribution is -2.47. The lowest BCUT2D eigenvalue weighted by molar-refractivity contribution is -0.123. The van der Waals surface area contributed by atoms with Gasteiger partial charge >= 0.3 is 0 Å². The highest BCUT2D eigenvalue weighted by Gasteiger charge is 2.28. The van der Waals surface area contributed by atoms with Crippen molar-refractivity contribution in [3.8, 4) is 0 Å². The van der Waals surface area contributed by atoms with Crippen molar-refractivity contribution in [2.75, 3.05) is 13.1 Å². The van der Waals surface area contributed by atoms with Gasteiger partial charge in [-0.05, 0) is 24.1 Å². The van der Waals surface area contributed by atoms with Crippen molar-refractivity contribution in [2.45, 2.75) is 25.4 Å². The van der Waals surface area contributed by atoms with Gasteiger partial charge in [0.05, 0.1) is 19.1 Å². The van der Waals surface area contributed by atoms with E-state index in [0.717, 1.165) is 0 Å².